The van der Waals surface area contributed by atoms with Crippen LogP contribution in [0.25, 0.3) is 0 Å². The van der Waals surface area contributed by atoms with Gasteiger partial charge < -0.3 is 15.8 Å². The molecule has 4 nitrogen and oxygen atoms in total. The van der Waals surface area contributed by atoms with Crippen molar-refractivity contribution in [2.45, 2.75) is 36.3 Å². The molecule has 1 aliphatic rings. The summed E-state index contributed by atoms with van der Waals surface area (Å²) in [7, 11) is -1.23. The summed E-state index contributed by atoms with van der Waals surface area (Å²) in [6, 6.07) is 9.48. The Hall–Kier alpha value is -1.53. The number of nitrogen functional groups attached to an aromatic ring is 1. The van der Waals surface area contributed by atoms with E-state index in [1.54, 1.807) is 0 Å². The number of thiophene rings is 1. The molecule has 1 atom stereocenters. The lowest BCUT2D eigenvalue weighted by Crippen LogP contribution is -2.17. The fraction of sp³-hybridized carbons (Fsp3) is 0.412. The average Bonchev–Trinajstić information content (AvgIpc) is 3.10. The van der Waals surface area contributed by atoms with Gasteiger partial charge in [0, 0.05) is 12.2 Å². The molecule has 1 unspecified atom stereocenters. The van der Waals surface area contributed by atoms with E-state index in [1.807, 2.05) is 35.7 Å². The highest BCUT2D eigenvalue weighted by Gasteiger charge is 2.13. The van der Waals surface area contributed by atoms with E-state index in [2.05, 4.69) is 10.0 Å². The Labute approximate surface area is 144 Å². The first-order chi connectivity index (χ1) is 11.2. The Morgan fingerprint density at radius 1 is 1.22 bits per heavy atom. The summed E-state index contributed by atoms with van der Waals surface area (Å²) in [5, 5.41) is 5.38. The molecule has 0 radical (unpaired) electrons. The summed E-state index contributed by atoms with van der Waals surface area (Å²) in [5.74, 6) is 0.757. The maximum atomic E-state index is 12.2. The normalized spacial score (nSPS) is 16.9. The molecule has 0 spiro atoms. The molecule has 2 aromatic rings. The number of benzene rings is 1. The third-order valence-electron chi connectivity index (χ3n) is 4.25. The van der Waals surface area contributed by atoms with Crippen LogP contribution < -0.4 is 15.8 Å². The van der Waals surface area contributed by atoms with E-state index in [4.69, 9.17) is 5.73 Å². The molecule has 0 bridgehead atoms. The van der Waals surface area contributed by atoms with Crippen LogP contribution >= 0.6 is 11.3 Å². The second-order valence-electron chi connectivity index (χ2n) is 5.99. The molecule has 1 fully saturated rings. The molecule has 1 aliphatic carbocycles. The topological polar surface area (TPSA) is 67.1 Å². The molecule has 1 heterocycles. The second-order valence-corrected chi connectivity index (χ2v) is 8.38. The monoisotopic (exact) mass is 349 g/mol. The Morgan fingerprint density at radius 2 is 2.04 bits per heavy atom. The lowest BCUT2D eigenvalue weighted by molar-refractivity contribution is 0.373. The van der Waals surface area contributed by atoms with Crippen LogP contribution in [0.5, 0.6) is 0 Å². The molecule has 0 amide bonds. The van der Waals surface area contributed by atoms with Gasteiger partial charge in [0.2, 0.25) is 0 Å². The molecule has 3 rings (SSSR count). The van der Waals surface area contributed by atoms with Gasteiger partial charge in [0.15, 0.2) is 11.0 Å². The highest BCUT2D eigenvalue weighted by Crippen LogP contribution is 2.27. The van der Waals surface area contributed by atoms with Crippen LogP contribution in [-0.4, -0.2) is 10.8 Å². The summed E-state index contributed by atoms with van der Waals surface area (Å²) in [6.45, 7) is 0.984. The number of nitrogens with two attached hydrogens (primary N) is 1. The van der Waals surface area contributed by atoms with Gasteiger partial charge in [0.1, 0.15) is 4.21 Å². The van der Waals surface area contributed by atoms with Crippen LogP contribution in [0, 0.1) is 5.92 Å². The standard InChI is InChI=1S/C17H23N3OS2/c18-15-11-14(20-23(21)17-7-4-10-22-17)8-9-16(15)19-12-13-5-2-1-3-6-13/h4,7-11,13,19-20H,1-3,5-6,12,18H2. The van der Waals surface area contributed by atoms with Gasteiger partial charge in [-0.05, 0) is 48.4 Å². The maximum Gasteiger partial charge on any atom is 0.160 e. The third-order valence-corrected chi connectivity index (χ3v) is 6.57. The van der Waals surface area contributed by atoms with Crippen LogP contribution in [0.3, 0.4) is 0 Å². The van der Waals surface area contributed by atoms with Crippen molar-refractivity contribution in [2.75, 3.05) is 22.3 Å². The van der Waals surface area contributed by atoms with Crippen molar-refractivity contribution in [3.63, 3.8) is 0 Å². The SMILES string of the molecule is Nc1cc(NS(=O)c2cccs2)ccc1NCC1CCCCC1. The summed E-state index contributed by atoms with van der Waals surface area (Å²) in [4.78, 5) is 0. The lowest BCUT2D eigenvalue weighted by Gasteiger charge is -2.22. The zero-order valence-corrected chi connectivity index (χ0v) is 14.7. The van der Waals surface area contributed by atoms with Crippen LogP contribution in [0.4, 0.5) is 17.1 Å². The number of rotatable bonds is 6. The Kier molecular flexibility index (Phi) is 5.56. The van der Waals surface area contributed by atoms with Crippen molar-refractivity contribution in [3.8, 4) is 0 Å². The van der Waals surface area contributed by atoms with Gasteiger partial charge in [-0.2, -0.15) is 0 Å². The molecule has 124 valence electrons. The summed E-state index contributed by atoms with van der Waals surface area (Å²) in [5.41, 5.74) is 8.56. The summed E-state index contributed by atoms with van der Waals surface area (Å²) < 4.78 is 16.0. The average molecular weight is 350 g/mol. The van der Waals surface area contributed by atoms with E-state index in [0.29, 0.717) is 5.69 Å². The van der Waals surface area contributed by atoms with Gasteiger partial charge in [-0.3, -0.25) is 0 Å². The van der Waals surface area contributed by atoms with Gasteiger partial charge in [0.25, 0.3) is 0 Å². The lowest BCUT2D eigenvalue weighted by atomic mass is 9.89. The molecule has 0 aliphatic heterocycles. The first kappa shape index (κ1) is 16.3. The van der Waals surface area contributed by atoms with Gasteiger partial charge in [0.05, 0.1) is 11.4 Å². The van der Waals surface area contributed by atoms with E-state index in [-0.39, 0.29) is 0 Å². The molecule has 6 heteroatoms. The highest BCUT2D eigenvalue weighted by molar-refractivity contribution is 7.88. The Morgan fingerprint density at radius 3 is 2.74 bits per heavy atom. The van der Waals surface area contributed by atoms with Gasteiger partial charge >= 0.3 is 0 Å². The molecule has 1 saturated carbocycles. The predicted octanol–water partition coefficient (Wildman–Crippen LogP) is 4.46. The highest BCUT2D eigenvalue weighted by atomic mass is 32.2. The fourth-order valence-electron chi connectivity index (χ4n) is 2.96. The Balaban J connectivity index is 1.58. The van der Waals surface area contributed by atoms with Crippen molar-refractivity contribution in [3.05, 3.63) is 35.7 Å². The first-order valence-corrected chi connectivity index (χ1v) is 10.1. The smallest absolute Gasteiger partial charge is 0.160 e. The maximum absolute atomic E-state index is 12.2. The van der Waals surface area contributed by atoms with E-state index in [0.717, 1.165) is 28.0 Å². The van der Waals surface area contributed by atoms with E-state index in [1.165, 1.54) is 43.4 Å². The van der Waals surface area contributed by atoms with Gasteiger partial charge in [-0.15, -0.1) is 11.3 Å². The van der Waals surface area contributed by atoms with Gasteiger partial charge in [-0.1, -0.05) is 25.3 Å². The predicted molar refractivity (Wildman–Crippen MR) is 100 cm³/mol. The molecule has 1 aromatic heterocycles. The Bertz CT molecular complexity index is 652. The number of nitrogens with one attached hydrogen (secondary N) is 2. The van der Waals surface area contributed by atoms with Crippen molar-refractivity contribution in [2.24, 2.45) is 5.92 Å². The number of hydrogen-bond acceptors (Lipinski definition) is 4. The second kappa shape index (κ2) is 7.84. The summed E-state index contributed by atoms with van der Waals surface area (Å²) >= 11 is 1.48. The number of anilines is 3. The fourth-order valence-corrected chi connectivity index (χ4v) is 4.69. The molecule has 0 saturated heterocycles. The largest absolute Gasteiger partial charge is 0.397 e. The molecule has 1 aromatic carbocycles. The summed E-state index contributed by atoms with van der Waals surface area (Å²) in [6.07, 6.45) is 6.69. The molecular weight excluding hydrogens is 326 g/mol. The van der Waals surface area contributed by atoms with Crippen LogP contribution in [0.2, 0.25) is 0 Å². The van der Waals surface area contributed by atoms with Crippen molar-refractivity contribution < 1.29 is 4.21 Å². The van der Waals surface area contributed by atoms with Crippen LogP contribution in [0.15, 0.2) is 39.9 Å². The van der Waals surface area contributed by atoms with Crippen molar-refractivity contribution in [1.29, 1.82) is 0 Å². The molecular formula is C17H23N3OS2. The van der Waals surface area contributed by atoms with Gasteiger partial charge in [-0.25, -0.2) is 4.21 Å². The number of hydrogen-bond donors (Lipinski definition) is 3. The third kappa shape index (κ3) is 4.48. The zero-order chi connectivity index (χ0) is 16.1. The molecule has 23 heavy (non-hydrogen) atoms. The minimum Gasteiger partial charge on any atom is -0.397 e. The minimum absolute atomic E-state index is 0.689. The van der Waals surface area contributed by atoms with Crippen LogP contribution in [0.1, 0.15) is 32.1 Å². The van der Waals surface area contributed by atoms with E-state index < -0.39 is 11.0 Å². The van der Waals surface area contributed by atoms with E-state index >= 15 is 0 Å². The quantitative estimate of drug-likeness (QED) is 0.675. The zero-order valence-electron chi connectivity index (χ0n) is 13.1. The van der Waals surface area contributed by atoms with Crippen LogP contribution in [-0.2, 0) is 11.0 Å². The minimum atomic E-state index is -1.23. The van der Waals surface area contributed by atoms with E-state index in [9.17, 15) is 4.21 Å². The molecule has 4 N–H and O–H groups in total. The van der Waals surface area contributed by atoms with Crippen molar-refractivity contribution >= 4 is 39.4 Å². The van der Waals surface area contributed by atoms with Crippen molar-refractivity contribution in [1.82, 2.24) is 0 Å². The first-order valence-electron chi connectivity index (χ1n) is 8.08.